The van der Waals surface area contributed by atoms with E-state index in [-0.39, 0.29) is 11.5 Å². The maximum absolute atomic E-state index is 12.7. The van der Waals surface area contributed by atoms with E-state index in [0.717, 1.165) is 12.1 Å². The molecule has 7 heteroatoms. The monoisotopic (exact) mass is 307 g/mol. The lowest BCUT2D eigenvalue weighted by Gasteiger charge is -2.09. The smallest absolute Gasteiger partial charge is 0.370 e. The number of benzene rings is 2. The molecule has 0 saturated heterocycles. The van der Waals surface area contributed by atoms with Gasteiger partial charge in [-0.15, -0.1) is 0 Å². The first kappa shape index (κ1) is 15.6. The molecule has 4 nitrogen and oxygen atoms in total. The Hall–Kier alpha value is -2.83. The molecule has 0 aliphatic rings. The third kappa shape index (κ3) is 3.63. The van der Waals surface area contributed by atoms with E-state index in [1.807, 2.05) is 0 Å². The molecule has 0 aliphatic carbocycles. The lowest BCUT2D eigenvalue weighted by atomic mass is 10.0. The van der Waals surface area contributed by atoms with Crippen molar-refractivity contribution in [2.24, 2.45) is 16.5 Å². The van der Waals surface area contributed by atoms with Crippen LogP contribution < -0.4 is 11.5 Å². The summed E-state index contributed by atoms with van der Waals surface area (Å²) in [6, 6.07) is 10.9. The van der Waals surface area contributed by atoms with Gasteiger partial charge in [0, 0.05) is 5.56 Å². The van der Waals surface area contributed by atoms with Crippen molar-refractivity contribution in [1.82, 2.24) is 0 Å². The highest BCUT2D eigenvalue weighted by Crippen LogP contribution is 2.32. The normalized spacial score (nSPS) is 11.0. The summed E-state index contributed by atoms with van der Waals surface area (Å²) in [5, 5.41) is 0. The molecule has 0 radical (unpaired) electrons. The van der Waals surface area contributed by atoms with Gasteiger partial charge in [0.2, 0.25) is 0 Å². The Morgan fingerprint density at radius 2 is 1.55 bits per heavy atom. The van der Waals surface area contributed by atoms with Gasteiger partial charge in [-0.1, -0.05) is 24.3 Å². The molecule has 22 heavy (non-hydrogen) atoms. The molecule has 2 aromatic rings. The first-order valence-corrected chi connectivity index (χ1v) is 6.19. The van der Waals surface area contributed by atoms with Gasteiger partial charge in [0.15, 0.2) is 5.96 Å². The fourth-order valence-corrected chi connectivity index (χ4v) is 1.89. The van der Waals surface area contributed by atoms with Crippen molar-refractivity contribution in [3.8, 4) is 11.1 Å². The number of guanidine groups is 1. The Labute approximate surface area is 124 Å². The Kier molecular flexibility index (Phi) is 4.16. The summed E-state index contributed by atoms with van der Waals surface area (Å²) in [6.07, 6.45) is -4.43. The lowest BCUT2D eigenvalue weighted by molar-refractivity contribution is -0.137. The standard InChI is InChI=1S/C15H12F3N3O/c16-15(17,18)12-6-2-4-10(8-12)9-3-1-5-11(7-9)13(22)21-14(19)20/h1-8H,(H4,19,20,21,22). The number of rotatable bonds is 2. The van der Waals surface area contributed by atoms with Crippen LogP contribution in [0.4, 0.5) is 13.2 Å². The average Bonchev–Trinajstić information content (AvgIpc) is 2.46. The number of carbonyl (C=O) groups is 1. The van der Waals surface area contributed by atoms with Crippen LogP contribution in [0.3, 0.4) is 0 Å². The van der Waals surface area contributed by atoms with Crippen molar-refractivity contribution in [2.45, 2.75) is 6.18 Å². The number of halogens is 3. The number of nitrogens with two attached hydrogens (primary N) is 2. The van der Waals surface area contributed by atoms with E-state index < -0.39 is 17.6 Å². The van der Waals surface area contributed by atoms with E-state index in [1.165, 1.54) is 24.3 Å². The van der Waals surface area contributed by atoms with Gasteiger partial charge < -0.3 is 11.5 Å². The molecule has 0 bridgehead atoms. The summed E-state index contributed by atoms with van der Waals surface area (Å²) in [4.78, 5) is 15.1. The van der Waals surface area contributed by atoms with E-state index in [4.69, 9.17) is 11.5 Å². The van der Waals surface area contributed by atoms with Crippen LogP contribution in [0.5, 0.6) is 0 Å². The number of alkyl halides is 3. The van der Waals surface area contributed by atoms with Crippen LogP contribution in [-0.4, -0.2) is 11.9 Å². The van der Waals surface area contributed by atoms with E-state index in [0.29, 0.717) is 11.1 Å². The summed E-state index contributed by atoms with van der Waals surface area (Å²) in [7, 11) is 0. The minimum atomic E-state index is -4.43. The summed E-state index contributed by atoms with van der Waals surface area (Å²) in [6.45, 7) is 0. The van der Waals surface area contributed by atoms with Gasteiger partial charge in [0.25, 0.3) is 5.91 Å². The highest BCUT2D eigenvalue weighted by Gasteiger charge is 2.30. The predicted octanol–water partition coefficient (Wildman–Crippen LogP) is 2.79. The van der Waals surface area contributed by atoms with Crippen molar-refractivity contribution in [3.63, 3.8) is 0 Å². The Morgan fingerprint density at radius 1 is 0.955 bits per heavy atom. The molecule has 0 aliphatic heterocycles. The molecular formula is C15H12F3N3O. The van der Waals surface area contributed by atoms with E-state index in [2.05, 4.69) is 4.99 Å². The van der Waals surface area contributed by atoms with Gasteiger partial charge >= 0.3 is 6.18 Å². The van der Waals surface area contributed by atoms with E-state index in [9.17, 15) is 18.0 Å². The number of hydrogen-bond acceptors (Lipinski definition) is 1. The third-order valence-electron chi connectivity index (χ3n) is 2.86. The highest BCUT2D eigenvalue weighted by atomic mass is 19.4. The van der Waals surface area contributed by atoms with Gasteiger partial charge in [-0.3, -0.25) is 4.79 Å². The highest BCUT2D eigenvalue weighted by molar-refractivity contribution is 6.02. The molecule has 114 valence electrons. The van der Waals surface area contributed by atoms with E-state index in [1.54, 1.807) is 12.1 Å². The van der Waals surface area contributed by atoms with Gasteiger partial charge in [0.1, 0.15) is 0 Å². The van der Waals surface area contributed by atoms with Gasteiger partial charge in [0.05, 0.1) is 5.56 Å². The second kappa shape index (κ2) is 5.88. The molecule has 4 N–H and O–H groups in total. The predicted molar refractivity (Wildman–Crippen MR) is 77.0 cm³/mol. The molecule has 0 atom stereocenters. The zero-order valence-corrected chi connectivity index (χ0v) is 11.3. The Balaban J connectivity index is 2.42. The molecule has 0 heterocycles. The molecule has 0 fully saturated rings. The fourth-order valence-electron chi connectivity index (χ4n) is 1.89. The van der Waals surface area contributed by atoms with Gasteiger partial charge in [-0.2, -0.15) is 18.2 Å². The number of hydrogen-bond donors (Lipinski definition) is 2. The zero-order valence-electron chi connectivity index (χ0n) is 11.3. The molecule has 2 rings (SSSR count). The van der Waals surface area contributed by atoms with Crippen LogP contribution >= 0.6 is 0 Å². The topological polar surface area (TPSA) is 81.5 Å². The summed E-state index contributed by atoms with van der Waals surface area (Å²) in [5.41, 5.74) is 10.5. The molecule has 1 amide bonds. The van der Waals surface area contributed by atoms with Crippen molar-refractivity contribution in [3.05, 3.63) is 59.7 Å². The van der Waals surface area contributed by atoms with Crippen LogP contribution in [-0.2, 0) is 6.18 Å². The molecule has 0 unspecified atom stereocenters. The lowest BCUT2D eigenvalue weighted by Crippen LogP contribution is -2.24. The zero-order chi connectivity index (χ0) is 16.3. The average molecular weight is 307 g/mol. The Bertz CT molecular complexity index is 735. The number of carbonyl (C=O) groups excluding carboxylic acids is 1. The fraction of sp³-hybridized carbons (Fsp3) is 0.0667. The largest absolute Gasteiger partial charge is 0.416 e. The van der Waals surface area contributed by atoms with Gasteiger partial charge in [-0.25, -0.2) is 0 Å². The van der Waals surface area contributed by atoms with Gasteiger partial charge in [-0.05, 0) is 35.4 Å². The Morgan fingerprint density at radius 3 is 2.14 bits per heavy atom. The summed E-state index contributed by atoms with van der Waals surface area (Å²) < 4.78 is 38.2. The minimum Gasteiger partial charge on any atom is -0.370 e. The summed E-state index contributed by atoms with van der Waals surface area (Å²) >= 11 is 0. The quantitative estimate of drug-likeness (QED) is 0.661. The molecular weight excluding hydrogens is 295 g/mol. The van der Waals surface area contributed by atoms with Crippen molar-refractivity contribution < 1.29 is 18.0 Å². The first-order chi connectivity index (χ1) is 10.3. The maximum atomic E-state index is 12.7. The molecule has 0 spiro atoms. The molecule has 2 aromatic carbocycles. The summed E-state index contributed by atoms with van der Waals surface area (Å²) in [5.74, 6) is -1.04. The molecule has 0 aromatic heterocycles. The maximum Gasteiger partial charge on any atom is 0.416 e. The van der Waals surface area contributed by atoms with Crippen LogP contribution in [0.25, 0.3) is 11.1 Å². The van der Waals surface area contributed by atoms with Crippen molar-refractivity contribution in [2.75, 3.05) is 0 Å². The third-order valence-corrected chi connectivity index (χ3v) is 2.86. The second-order valence-corrected chi connectivity index (χ2v) is 4.50. The second-order valence-electron chi connectivity index (χ2n) is 4.50. The first-order valence-electron chi connectivity index (χ1n) is 6.19. The van der Waals surface area contributed by atoms with Crippen molar-refractivity contribution >= 4 is 11.9 Å². The van der Waals surface area contributed by atoms with Crippen LogP contribution in [0, 0.1) is 0 Å². The van der Waals surface area contributed by atoms with Crippen LogP contribution in [0.1, 0.15) is 15.9 Å². The minimum absolute atomic E-state index is 0.184. The van der Waals surface area contributed by atoms with E-state index >= 15 is 0 Å². The SMILES string of the molecule is NC(N)=NC(=O)c1cccc(-c2cccc(C(F)(F)F)c2)c1. The van der Waals surface area contributed by atoms with Crippen molar-refractivity contribution in [1.29, 1.82) is 0 Å². The molecule has 0 saturated carbocycles. The number of nitrogens with zero attached hydrogens (tertiary/aromatic N) is 1. The van der Waals surface area contributed by atoms with Crippen LogP contribution in [0.2, 0.25) is 0 Å². The van der Waals surface area contributed by atoms with Crippen LogP contribution in [0.15, 0.2) is 53.5 Å². The number of amides is 1. The number of aliphatic imine (C=N–C) groups is 1.